The molecule has 1 aromatic carbocycles. The molecule has 2 aromatic rings. The van der Waals surface area contributed by atoms with Crippen LogP contribution >= 0.6 is 0 Å². The Kier molecular flexibility index (Phi) is 5.32. The highest BCUT2D eigenvalue weighted by Gasteiger charge is 2.26. The average molecular weight is 354 g/mol. The highest BCUT2D eigenvalue weighted by Crippen LogP contribution is 2.16. The van der Waals surface area contributed by atoms with E-state index < -0.39 is 0 Å². The molecule has 26 heavy (non-hydrogen) atoms. The van der Waals surface area contributed by atoms with Crippen LogP contribution in [0.2, 0.25) is 0 Å². The zero-order valence-electron chi connectivity index (χ0n) is 15.1. The van der Waals surface area contributed by atoms with Crippen LogP contribution in [0.5, 0.6) is 0 Å². The largest absolute Gasteiger partial charge is 0.375 e. The van der Waals surface area contributed by atoms with Crippen molar-refractivity contribution in [1.82, 2.24) is 19.4 Å². The number of benzene rings is 1. The summed E-state index contributed by atoms with van der Waals surface area (Å²) < 4.78 is 7.93. The Balaban J connectivity index is 1.42. The van der Waals surface area contributed by atoms with Crippen molar-refractivity contribution in [3.63, 3.8) is 0 Å². The fourth-order valence-electron chi connectivity index (χ4n) is 3.81. The molecule has 6 heteroatoms. The quantitative estimate of drug-likeness (QED) is 0.845. The van der Waals surface area contributed by atoms with Crippen LogP contribution in [0, 0.1) is 0 Å². The zero-order valence-corrected chi connectivity index (χ0v) is 15.1. The fourth-order valence-corrected chi connectivity index (χ4v) is 3.81. The third-order valence-electron chi connectivity index (χ3n) is 5.21. The lowest BCUT2D eigenvalue weighted by Crippen LogP contribution is -2.41. The molecule has 138 valence electrons. The topological polar surface area (TPSA) is 50.6 Å². The van der Waals surface area contributed by atoms with Gasteiger partial charge in [-0.3, -0.25) is 4.79 Å². The summed E-state index contributed by atoms with van der Waals surface area (Å²) in [5.74, 6) is 0.0964. The summed E-state index contributed by atoms with van der Waals surface area (Å²) in [6, 6.07) is 7.73. The Labute approximate surface area is 154 Å². The van der Waals surface area contributed by atoms with Crippen LogP contribution in [0.25, 0.3) is 5.69 Å². The van der Waals surface area contributed by atoms with E-state index in [9.17, 15) is 4.79 Å². The lowest BCUT2D eigenvalue weighted by atomic mass is 10.1. The molecule has 1 amide bonds. The summed E-state index contributed by atoms with van der Waals surface area (Å²) >= 11 is 0. The van der Waals surface area contributed by atoms with Gasteiger partial charge in [0.05, 0.1) is 12.4 Å². The molecule has 1 unspecified atom stereocenters. The minimum atomic E-state index is 0.0964. The average Bonchev–Trinajstić information content (AvgIpc) is 3.33. The molecule has 3 heterocycles. The first kappa shape index (κ1) is 17.2. The van der Waals surface area contributed by atoms with E-state index in [-0.39, 0.29) is 12.0 Å². The van der Waals surface area contributed by atoms with Gasteiger partial charge in [0.25, 0.3) is 5.91 Å². The first-order chi connectivity index (χ1) is 12.8. The second-order valence-electron chi connectivity index (χ2n) is 7.12. The summed E-state index contributed by atoms with van der Waals surface area (Å²) in [5, 5.41) is 0. The van der Waals surface area contributed by atoms with Crippen LogP contribution in [0.4, 0.5) is 0 Å². The third-order valence-corrected chi connectivity index (χ3v) is 5.21. The monoisotopic (exact) mass is 354 g/mol. The Hall–Kier alpha value is -2.18. The smallest absolute Gasteiger partial charge is 0.253 e. The predicted octanol–water partition coefficient (Wildman–Crippen LogP) is 2.20. The van der Waals surface area contributed by atoms with E-state index in [4.69, 9.17) is 4.74 Å². The third kappa shape index (κ3) is 3.97. The number of carbonyl (C=O) groups is 1. The van der Waals surface area contributed by atoms with Crippen molar-refractivity contribution >= 4 is 5.91 Å². The Morgan fingerprint density at radius 1 is 1.12 bits per heavy atom. The molecule has 2 aliphatic heterocycles. The van der Waals surface area contributed by atoms with E-state index in [2.05, 4.69) is 9.88 Å². The van der Waals surface area contributed by atoms with E-state index in [1.165, 1.54) is 12.8 Å². The number of carbonyl (C=O) groups excluding carboxylic acids is 1. The Morgan fingerprint density at radius 2 is 1.92 bits per heavy atom. The van der Waals surface area contributed by atoms with Crippen LogP contribution in [-0.2, 0) is 4.74 Å². The number of imidazole rings is 1. The van der Waals surface area contributed by atoms with E-state index in [0.717, 1.165) is 50.5 Å². The van der Waals surface area contributed by atoms with Crippen molar-refractivity contribution in [2.24, 2.45) is 0 Å². The first-order valence-corrected chi connectivity index (χ1v) is 9.51. The van der Waals surface area contributed by atoms with Gasteiger partial charge in [0, 0.05) is 49.9 Å². The van der Waals surface area contributed by atoms with Crippen molar-refractivity contribution in [3.8, 4) is 5.69 Å². The highest BCUT2D eigenvalue weighted by molar-refractivity contribution is 5.94. The first-order valence-electron chi connectivity index (χ1n) is 9.51. The summed E-state index contributed by atoms with van der Waals surface area (Å²) in [7, 11) is 0. The van der Waals surface area contributed by atoms with Gasteiger partial charge in [-0.05, 0) is 56.6 Å². The lowest BCUT2D eigenvalue weighted by Gasteiger charge is -2.27. The standard InChI is InChI=1S/C20H26N4O2/c25-20(17-4-6-18(7-5-17)24-12-8-21-16-24)23-11-3-13-26-19(15-23)14-22-9-1-2-10-22/h4-8,12,16,19H,1-3,9-11,13-15H2. The number of amides is 1. The normalized spacial score (nSPS) is 21.7. The molecule has 0 aliphatic carbocycles. The maximum Gasteiger partial charge on any atom is 0.253 e. The van der Waals surface area contributed by atoms with Gasteiger partial charge in [-0.2, -0.15) is 0 Å². The van der Waals surface area contributed by atoms with E-state index >= 15 is 0 Å². The molecule has 0 saturated carbocycles. The molecule has 4 rings (SSSR count). The second-order valence-corrected chi connectivity index (χ2v) is 7.12. The Bertz CT molecular complexity index is 708. The van der Waals surface area contributed by atoms with Crippen LogP contribution in [0.3, 0.4) is 0 Å². The summed E-state index contributed by atoms with van der Waals surface area (Å²) in [4.78, 5) is 21.4. The van der Waals surface area contributed by atoms with Crippen molar-refractivity contribution in [1.29, 1.82) is 0 Å². The van der Waals surface area contributed by atoms with Gasteiger partial charge in [-0.25, -0.2) is 4.98 Å². The number of ether oxygens (including phenoxy) is 1. The summed E-state index contributed by atoms with van der Waals surface area (Å²) in [6.45, 7) is 5.43. The van der Waals surface area contributed by atoms with Gasteiger partial charge in [0.1, 0.15) is 0 Å². The molecule has 0 radical (unpaired) electrons. The van der Waals surface area contributed by atoms with Crippen LogP contribution in [-0.4, -0.2) is 70.7 Å². The van der Waals surface area contributed by atoms with Crippen LogP contribution < -0.4 is 0 Å². The zero-order chi connectivity index (χ0) is 17.8. The van der Waals surface area contributed by atoms with Gasteiger partial charge >= 0.3 is 0 Å². The van der Waals surface area contributed by atoms with Crippen molar-refractivity contribution in [2.75, 3.05) is 39.3 Å². The number of hydrogen-bond acceptors (Lipinski definition) is 4. The summed E-state index contributed by atoms with van der Waals surface area (Å²) in [5.41, 5.74) is 1.74. The van der Waals surface area contributed by atoms with Crippen molar-refractivity contribution in [2.45, 2.75) is 25.4 Å². The van der Waals surface area contributed by atoms with E-state index in [0.29, 0.717) is 6.54 Å². The number of aromatic nitrogens is 2. The molecule has 2 aliphatic rings. The number of hydrogen-bond donors (Lipinski definition) is 0. The van der Waals surface area contributed by atoms with Crippen LogP contribution in [0.1, 0.15) is 29.6 Å². The van der Waals surface area contributed by atoms with Gasteiger partial charge < -0.3 is 19.1 Å². The number of rotatable bonds is 4. The van der Waals surface area contributed by atoms with Gasteiger partial charge in [-0.1, -0.05) is 0 Å². The molecule has 1 aromatic heterocycles. The minimum Gasteiger partial charge on any atom is -0.375 e. The fraction of sp³-hybridized carbons (Fsp3) is 0.500. The van der Waals surface area contributed by atoms with Crippen LogP contribution in [0.15, 0.2) is 43.0 Å². The van der Waals surface area contributed by atoms with Crippen molar-refractivity contribution in [3.05, 3.63) is 48.5 Å². The Morgan fingerprint density at radius 3 is 2.65 bits per heavy atom. The lowest BCUT2D eigenvalue weighted by molar-refractivity contribution is 0.0297. The number of nitrogens with zero attached hydrogens (tertiary/aromatic N) is 4. The van der Waals surface area contributed by atoms with Gasteiger partial charge in [-0.15, -0.1) is 0 Å². The van der Waals surface area contributed by atoms with E-state index in [1.54, 1.807) is 12.5 Å². The molecular formula is C20H26N4O2. The van der Waals surface area contributed by atoms with Crippen molar-refractivity contribution < 1.29 is 9.53 Å². The minimum absolute atomic E-state index is 0.0964. The van der Waals surface area contributed by atoms with Gasteiger partial charge in [0.2, 0.25) is 0 Å². The van der Waals surface area contributed by atoms with E-state index in [1.807, 2.05) is 39.9 Å². The molecule has 0 spiro atoms. The highest BCUT2D eigenvalue weighted by atomic mass is 16.5. The second kappa shape index (κ2) is 8.01. The SMILES string of the molecule is O=C(c1ccc(-n2ccnc2)cc1)N1CCCOC(CN2CCCC2)C1. The predicted molar refractivity (Wildman–Crippen MR) is 99.5 cm³/mol. The molecule has 0 N–H and O–H groups in total. The summed E-state index contributed by atoms with van der Waals surface area (Å²) in [6.07, 6.45) is 8.96. The van der Waals surface area contributed by atoms with Gasteiger partial charge in [0.15, 0.2) is 0 Å². The number of likely N-dealkylation sites (tertiary alicyclic amines) is 1. The maximum absolute atomic E-state index is 13.0. The maximum atomic E-state index is 13.0. The molecule has 2 saturated heterocycles. The molecular weight excluding hydrogens is 328 g/mol. The molecule has 0 bridgehead atoms. The molecule has 1 atom stereocenters. The molecule has 2 fully saturated rings. The molecule has 6 nitrogen and oxygen atoms in total.